The van der Waals surface area contributed by atoms with Crippen molar-refractivity contribution in [1.29, 1.82) is 5.26 Å². The Morgan fingerprint density at radius 1 is 1.31 bits per heavy atom. The molecule has 0 aromatic carbocycles. The number of thiazole rings is 1. The highest BCUT2D eigenvalue weighted by molar-refractivity contribution is 7.13. The van der Waals surface area contributed by atoms with Crippen LogP contribution in [-0.4, -0.2) is 32.5 Å². The van der Waals surface area contributed by atoms with Crippen LogP contribution in [0.1, 0.15) is 17.0 Å². The largest absolute Gasteiger partial charge is 0.506 e. The number of carbonyl (C=O) groups excluding carboxylic acids is 1. The van der Waals surface area contributed by atoms with Gasteiger partial charge in [0, 0.05) is 42.5 Å². The SMILES string of the molecule is N#Cc1cnc(-c2nc(CC(=O)NCCc3ccccn3)cs2)c(O)c1. The smallest absolute Gasteiger partial charge is 0.226 e. The molecule has 3 heterocycles. The Bertz CT molecular complexity index is 950. The average molecular weight is 365 g/mol. The van der Waals surface area contributed by atoms with Crippen LogP contribution in [-0.2, 0) is 17.6 Å². The van der Waals surface area contributed by atoms with E-state index in [-0.39, 0.29) is 23.6 Å². The van der Waals surface area contributed by atoms with E-state index in [2.05, 4.69) is 20.3 Å². The zero-order valence-corrected chi connectivity index (χ0v) is 14.5. The minimum Gasteiger partial charge on any atom is -0.506 e. The summed E-state index contributed by atoms with van der Waals surface area (Å²) >= 11 is 1.29. The zero-order chi connectivity index (χ0) is 18.4. The Labute approximate surface area is 154 Å². The van der Waals surface area contributed by atoms with Gasteiger partial charge in [0.2, 0.25) is 5.91 Å². The first-order valence-corrected chi connectivity index (χ1v) is 8.74. The van der Waals surface area contributed by atoms with E-state index in [9.17, 15) is 9.90 Å². The van der Waals surface area contributed by atoms with Crippen LogP contribution in [0.25, 0.3) is 10.7 Å². The summed E-state index contributed by atoms with van der Waals surface area (Å²) < 4.78 is 0. The van der Waals surface area contributed by atoms with Crippen molar-refractivity contribution in [2.75, 3.05) is 6.54 Å². The van der Waals surface area contributed by atoms with Crippen LogP contribution in [0.3, 0.4) is 0 Å². The third-order valence-corrected chi connectivity index (χ3v) is 4.42. The van der Waals surface area contributed by atoms with Gasteiger partial charge in [-0.1, -0.05) is 6.07 Å². The van der Waals surface area contributed by atoms with E-state index in [4.69, 9.17) is 5.26 Å². The minimum atomic E-state index is -0.130. The van der Waals surface area contributed by atoms with Gasteiger partial charge in [-0.2, -0.15) is 5.26 Å². The van der Waals surface area contributed by atoms with Crippen molar-refractivity contribution < 1.29 is 9.90 Å². The summed E-state index contributed by atoms with van der Waals surface area (Å²) in [6, 6.07) is 8.93. The Hall–Kier alpha value is -3.31. The lowest BCUT2D eigenvalue weighted by atomic mass is 10.2. The van der Waals surface area contributed by atoms with Gasteiger partial charge in [0.15, 0.2) is 0 Å². The van der Waals surface area contributed by atoms with Gasteiger partial charge in [0.1, 0.15) is 22.5 Å². The summed E-state index contributed by atoms with van der Waals surface area (Å²) in [6.07, 6.45) is 3.91. The lowest BCUT2D eigenvalue weighted by molar-refractivity contribution is -0.120. The number of nitrogens with zero attached hydrogens (tertiary/aromatic N) is 4. The Morgan fingerprint density at radius 3 is 2.92 bits per heavy atom. The number of aromatic hydroxyl groups is 1. The minimum absolute atomic E-state index is 0.107. The van der Waals surface area contributed by atoms with Crippen molar-refractivity contribution in [2.24, 2.45) is 0 Å². The molecule has 130 valence electrons. The Morgan fingerprint density at radius 2 is 2.19 bits per heavy atom. The maximum absolute atomic E-state index is 12.0. The number of hydrogen-bond donors (Lipinski definition) is 2. The lowest BCUT2D eigenvalue weighted by Gasteiger charge is -2.03. The summed E-state index contributed by atoms with van der Waals surface area (Å²) in [4.78, 5) is 24.6. The van der Waals surface area contributed by atoms with E-state index in [1.54, 1.807) is 11.6 Å². The van der Waals surface area contributed by atoms with Gasteiger partial charge in [0.05, 0.1) is 17.7 Å². The fraction of sp³-hybridized carbons (Fsp3) is 0.167. The van der Waals surface area contributed by atoms with Crippen LogP contribution in [0.15, 0.2) is 42.0 Å². The summed E-state index contributed by atoms with van der Waals surface area (Å²) in [5.41, 5.74) is 2.10. The summed E-state index contributed by atoms with van der Waals surface area (Å²) in [7, 11) is 0. The van der Waals surface area contributed by atoms with Crippen molar-refractivity contribution in [1.82, 2.24) is 20.3 Å². The number of nitriles is 1. The first-order chi connectivity index (χ1) is 12.7. The molecule has 3 rings (SSSR count). The zero-order valence-electron chi connectivity index (χ0n) is 13.7. The monoisotopic (exact) mass is 365 g/mol. The molecule has 0 fully saturated rings. The van der Waals surface area contributed by atoms with Gasteiger partial charge < -0.3 is 10.4 Å². The van der Waals surface area contributed by atoms with Gasteiger partial charge in [-0.05, 0) is 12.1 Å². The molecule has 0 spiro atoms. The molecule has 0 saturated heterocycles. The number of nitrogens with one attached hydrogen (secondary N) is 1. The number of rotatable bonds is 6. The molecule has 1 amide bonds. The Balaban J connectivity index is 1.56. The topological polar surface area (TPSA) is 112 Å². The lowest BCUT2D eigenvalue weighted by Crippen LogP contribution is -2.27. The molecule has 0 bridgehead atoms. The van der Waals surface area contributed by atoms with Crippen molar-refractivity contribution in [2.45, 2.75) is 12.8 Å². The molecular weight excluding hydrogens is 350 g/mol. The molecule has 26 heavy (non-hydrogen) atoms. The second kappa shape index (κ2) is 8.18. The molecule has 0 saturated carbocycles. The predicted molar refractivity (Wildman–Crippen MR) is 96.4 cm³/mol. The number of amides is 1. The molecule has 3 aromatic heterocycles. The third kappa shape index (κ3) is 4.40. The van der Waals surface area contributed by atoms with E-state index in [1.807, 2.05) is 24.3 Å². The van der Waals surface area contributed by atoms with E-state index < -0.39 is 0 Å². The maximum atomic E-state index is 12.0. The number of carbonyl (C=O) groups is 1. The van der Waals surface area contributed by atoms with Gasteiger partial charge in [0.25, 0.3) is 0 Å². The van der Waals surface area contributed by atoms with Gasteiger partial charge in [-0.25, -0.2) is 9.97 Å². The van der Waals surface area contributed by atoms with E-state index in [1.165, 1.54) is 23.6 Å². The molecule has 0 aliphatic carbocycles. The molecule has 2 N–H and O–H groups in total. The quantitative estimate of drug-likeness (QED) is 0.692. The Kier molecular flexibility index (Phi) is 5.51. The molecule has 0 unspecified atom stereocenters. The highest BCUT2D eigenvalue weighted by Gasteiger charge is 2.13. The molecule has 8 heteroatoms. The van der Waals surface area contributed by atoms with Crippen LogP contribution in [0.4, 0.5) is 0 Å². The highest BCUT2D eigenvalue weighted by Crippen LogP contribution is 2.30. The van der Waals surface area contributed by atoms with Crippen LogP contribution >= 0.6 is 11.3 Å². The van der Waals surface area contributed by atoms with Crippen LogP contribution < -0.4 is 5.32 Å². The number of hydrogen-bond acceptors (Lipinski definition) is 7. The maximum Gasteiger partial charge on any atom is 0.226 e. The van der Waals surface area contributed by atoms with E-state index >= 15 is 0 Å². The molecule has 0 atom stereocenters. The molecule has 0 radical (unpaired) electrons. The standard InChI is InChI=1S/C18H15N5O2S/c19-9-12-7-15(24)17(22-10-12)18-23-14(11-26-18)8-16(25)21-6-4-13-3-1-2-5-20-13/h1-3,5,7,10-11,24H,4,6,8H2,(H,21,25). The fourth-order valence-electron chi connectivity index (χ4n) is 2.28. The molecule has 3 aromatic rings. The summed E-state index contributed by atoms with van der Waals surface area (Å²) in [6.45, 7) is 0.505. The van der Waals surface area contributed by atoms with Gasteiger partial charge >= 0.3 is 0 Å². The van der Waals surface area contributed by atoms with Crippen LogP contribution in [0.2, 0.25) is 0 Å². The van der Waals surface area contributed by atoms with Crippen LogP contribution in [0, 0.1) is 11.3 Å². The molecule has 0 aliphatic heterocycles. The molecule has 7 nitrogen and oxygen atoms in total. The third-order valence-electron chi connectivity index (χ3n) is 3.52. The first kappa shape index (κ1) is 17.5. The number of pyridine rings is 2. The van der Waals surface area contributed by atoms with Crippen molar-refractivity contribution >= 4 is 17.2 Å². The fourth-order valence-corrected chi connectivity index (χ4v) is 3.10. The normalized spacial score (nSPS) is 10.3. The van der Waals surface area contributed by atoms with Crippen molar-refractivity contribution in [3.05, 3.63) is 59.0 Å². The van der Waals surface area contributed by atoms with Gasteiger partial charge in [-0.15, -0.1) is 11.3 Å². The van der Waals surface area contributed by atoms with Gasteiger partial charge in [-0.3, -0.25) is 9.78 Å². The second-order valence-corrected chi connectivity index (χ2v) is 6.30. The predicted octanol–water partition coefficient (Wildman–Crippen LogP) is 2.08. The average Bonchev–Trinajstić information content (AvgIpc) is 3.10. The second-order valence-electron chi connectivity index (χ2n) is 5.45. The van der Waals surface area contributed by atoms with Crippen LogP contribution in [0.5, 0.6) is 5.75 Å². The van der Waals surface area contributed by atoms with Crippen molar-refractivity contribution in [3.63, 3.8) is 0 Å². The summed E-state index contributed by atoms with van der Waals surface area (Å²) in [5, 5.41) is 23.9. The highest BCUT2D eigenvalue weighted by atomic mass is 32.1. The molecular formula is C18H15N5O2S. The van der Waals surface area contributed by atoms with E-state index in [0.717, 1.165) is 5.69 Å². The number of aromatic nitrogens is 3. The first-order valence-electron chi connectivity index (χ1n) is 7.86. The molecule has 0 aliphatic rings. The van der Waals surface area contributed by atoms with E-state index in [0.29, 0.717) is 29.4 Å². The van der Waals surface area contributed by atoms with Crippen molar-refractivity contribution in [3.8, 4) is 22.5 Å². The summed E-state index contributed by atoms with van der Waals surface area (Å²) in [5.74, 6) is -0.237.